The Bertz CT molecular complexity index is 915. The van der Waals surface area contributed by atoms with E-state index in [4.69, 9.17) is 4.74 Å². The Balaban J connectivity index is 1.55. The van der Waals surface area contributed by atoms with Crippen LogP contribution in [-0.2, 0) is 9.53 Å². The fourth-order valence-corrected chi connectivity index (χ4v) is 4.36. The van der Waals surface area contributed by atoms with Gasteiger partial charge in [-0.05, 0) is 69.1 Å². The van der Waals surface area contributed by atoms with Crippen LogP contribution in [0.25, 0.3) is 10.8 Å². The smallest absolute Gasteiger partial charge is 0.410 e. The lowest BCUT2D eigenvalue weighted by molar-refractivity contribution is -0.132. The molecule has 0 atom stereocenters. The van der Waals surface area contributed by atoms with Gasteiger partial charge in [0.25, 0.3) is 0 Å². The summed E-state index contributed by atoms with van der Waals surface area (Å²) in [4.78, 5) is 33.5. The zero-order valence-corrected chi connectivity index (χ0v) is 19.7. The molecule has 2 heterocycles. The van der Waals surface area contributed by atoms with E-state index < -0.39 is 11.7 Å². The van der Waals surface area contributed by atoms with Crippen molar-refractivity contribution >= 4 is 34.7 Å². The van der Waals surface area contributed by atoms with Gasteiger partial charge in [0.1, 0.15) is 12.1 Å². The highest BCUT2D eigenvalue weighted by Crippen LogP contribution is 2.27. The predicted octanol–water partition coefficient (Wildman–Crippen LogP) is 4.03. The normalized spacial score (nSPS) is 15.9. The highest BCUT2D eigenvalue weighted by molar-refractivity contribution is 7.97. The summed E-state index contributed by atoms with van der Waals surface area (Å²) in [6.07, 6.45) is 5.18. The van der Waals surface area contributed by atoms with Crippen LogP contribution in [0, 0.1) is 0 Å². The Kier molecular flexibility index (Phi) is 7.78. The van der Waals surface area contributed by atoms with Gasteiger partial charge in [-0.2, -0.15) is 0 Å². The summed E-state index contributed by atoms with van der Waals surface area (Å²) in [6, 6.07) is 8.41. The first kappa shape index (κ1) is 23.3. The molecule has 1 aliphatic rings. The van der Waals surface area contributed by atoms with Crippen molar-refractivity contribution in [1.29, 1.82) is 0 Å². The maximum absolute atomic E-state index is 12.8. The fourth-order valence-electron chi connectivity index (χ4n) is 3.36. The molecule has 1 saturated heterocycles. The highest BCUT2D eigenvalue weighted by Gasteiger charge is 2.24. The van der Waals surface area contributed by atoms with Crippen LogP contribution in [0.4, 0.5) is 4.79 Å². The Hall–Kier alpha value is -2.32. The number of carbonyl (C=O) groups excluding carboxylic acids is 2. The van der Waals surface area contributed by atoms with Gasteiger partial charge in [0, 0.05) is 55.9 Å². The second-order valence-electron chi connectivity index (χ2n) is 8.83. The first-order valence-electron chi connectivity index (χ1n) is 10.7. The van der Waals surface area contributed by atoms with E-state index in [9.17, 15) is 9.59 Å². The molecule has 0 N–H and O–H groups in total. The van der Waals surface area contributed by atoms with E-state index in [1.54, 1.807) is 19.0 Å². The summed E-state index contributed by atoms with van der Waals surface area (Å²) in [5.74, 6) is -0.0431. The van der Waals surface area contributed by atoms with Gasteiger partial charge in [0.15, 0.2) is 0 Å². The van der Waals surface area contributed by atoms with Crippen molar-refractivity contribution in [3.05, 3.63) is 36.7 Å². The van der Waals surface area contributed by atoms with Crippen LogP contribution in [0.5, 0.6) is 0 Å². The number of fused-ring (bicyclic) bond motifs is 1. The van der Waals surface area contributed by atoms with E-state index >= 15 is 0 Å². The van der Waals surface area contributed by atoms with Crippen LogP contribution in [0.15, 0.2) is 41.6 Å². The molecule has 1 fully saturated rings. The Morgan fingerprint density at radius 1 is 1.10 bits per heavy atom. The Labute approximate surface area is 188 Å². The van der Waals surface area contributed by atoms with Crippen LogP contribution in [0.1, 0.15) is 33.6 Å². The lowest BCUT2D eigenvalue weighted by Crippen LogP contribution is -2.46. The highest BCUT2D eigenvalue weighted by atomic mass is 32.2. The van der Waals surface area contributed by atoms with Crippen molar-refractivity contribution < 1.29 is 14.3 Å². The first-order valence-corrected chi connectivity index (χ1v) is 11.5. The van der Waals surface area contributed by atoms with Gasteiger partial charge in [-0.25, -0.2) is 9.10 Å². The molecule has 1 aromatic heterocycles. The minimum absolute atomic E-state index is 0.0285. The maximum Gasteiger partial charge on any atom is 0.410 e. The van der Waals surface area contributed by atoms with E-state index in [1.807, 2.05) is 44.1 Å². The third-order valence-corrected chi connectivity index (χ3v) is 6.07. The van der Waals surface area contributed by atoms with E-state index in [-0.39, 0.29) is 12.5 Å². The van der Waals surface area contributed by atoms with E-state index in [0.29, 0.717) is 6.54 Å². The van der Waals surface area contributed by atoms with Gasteiger partial charge in [0.05, 0.1) is 0 Å². The van der Waals surface area contributed by atoms with Gasteiger partial charge < -0.3 is 14.5 Å². The summed E-state index contributed by atoms with van der Waals surface area (Å²) in [5.41, 5.74) is -0.577. The number of nitrogens with zero attached hydrogens (tertiary/aromatic N) is 4. The van der Waals surface area contributed by atoms with Gasteiger partial charge in [-0.1, -0.05) is 6.07 Å². The zero-order valence-electron chi connectivity index (χ0n) is 18.8. The van der Waals surface area contributed by atoms with E-state index in [0.717, 1.165) is 37.9 Å². The molecule has 2 aromatic rings. The van der Waals surface area contributed by atoms with E-state index in [1.165, 1.54) is 15.2 Å². The van der Waals surface area contributed by atoms with Crippen molar-refractivity contribution in [1.82, 2.24) is 19.1 Å². The molecule has 31 heavy (non-hydrogen) atoms. The standard InChI is InChI=1S/C23H32N4O3S/c1-23(2,3)30-22(29)25(4)17-21(28)26-11-5-6-12-27(14-13-26)31-20-8-7-19-16-24-10-9-18(19)15-20/h7-10,15-16H,5-6,11-14,17H2,1-4H3. The molecule has 0 unspecified atom stereocenters. The molecular formula is C23H32N4O3S. The second kappa shape index (κ2) is 10.3. The molecule has 8 heteroatoms. The topological polar surface area (TPSA) is 66.0 Å². The lowest BCUT2D eigenvalue weighted by Gasteiger charge is -2.31. The SMILES string of the molecule is CN(CC(=O)N1CCCCN(Sc2ccc3cnccc3c2)CC1)C(=O)OC(C)(C)C. The van der Waals surface area contributed by atoms with Gasteiger partial charge in [0.2, 0.25) is 5.91 Å². The minimum Gasteiger partial charge on any atom is -0.444 e. The predicted molar refractivity (Wildman–Crippen MR) is 124 cm³/mol. The lowest BCUT2D eigenvalue weighted by atomic mass is 10.2. The molecule has 0 radical (unpaired) electrons. The van der Waals surface area contributed by atoms with Crippen molar-refractivity contribution in [3.63, 3.8) is 0 Å². The molecule has 2 amide bonds. The molecule has 0 spiro atoms. The third-order valence-electron chi connectivity index (χ3n) is 4.98. The third kappa shape index (κ3) is 7.11. The maximum atomic E-state index is 12.8. The number of hydrogen-bond acceptors (Lipinski definition) is 6. The van der Waals surface area contributed by atoms with Crippen LogP contribution in [-0.4, -0.2) is 76.5 Å². The molecular weight excluding hydrogens is 412 g/mol. The molecule has 1 aromatic carbocycles. The van der Waals surface area contributed by atoms with Crippen molar-refractivity contribution in [2.75, 3.05) is 39.8 Å². The summed E-state index contributed by atoms with van der Waals surface area (Å²) in [7, 11) is 1.60. The quantitative estimate of drug-likeness (QED) is 0.664. The number of hydrogen-bond donors (Lipinski definition) is 0. The monoisotopic (exact) mass is 444 g/mol. The van der Waals surface area contributed by atoms with Gasteiger partial charge >= 0.3 is 6.09 Å². The molecule has 0 bridgehead atoms. The largest absolute Gasteiger partial charge is 0.444 e. The molecule has 3 rings (SSSR count). The molecule has 7 nitrogen and oxygen atoms in total. The van der Waals surface area contributed by atoms with Crippen LogP contribution < -0.4 is 0 Å². The molecule has 0 saturated carbocycles. The van der Waals surface area contributed by atoms with Crippen LogP contribution >= 0.6 is 11.9 Å². The summed E-state index contributed by atoms with van der Waals surface area (Å²) in [6.45, 7) is 8.61. The zero-order chi connectivity index (χ0) is 22.4. The number of aromatic nitrogens is 1. The number of amides is 2. The van der Waals surface area contributed by atoms with Crippen LogP contribution in [0.2, 0.25) is 0 Å². The number of ether oxygens (including phenoxy) is 1. The first-order chi connectivity index (χ1) is 14.7. The Morgan fingerprint density at radius 2 is 1.87 bits per heavy atom. The molecule has 168 valence electrons. The van der Waals surface area contributed by atoms with Crippen molar-refractivity contribution in [2.45, 2.75) is 44.1 Å². The summed E-state index contributed by atoms with van der Waals surface area (Å²) < 4.78 is 7.67. The molecule has 1 aliphatic heterocycles. The summed E-state index contributed by atoms with van der Waals surface area (Å²) in [5, 5.41) is 2.31. The number of carbonyl (C=O) groups is 2. The Morgan fingerprint density at radius 3 is 2.65 bits per heavy atom. The van der Waals surface area contributed by atoms with Gasteiger partial charge in [-0.15, -0.1) is 0 Å². The number of rotatable bonds is 4. The number of benzene rings is 1. The van der Waals surface area contributed by atoms with Crippen molar-refractivity contribution in [3.8, 4) is 0 Å². The minimum atomic E-state index is -0.577. The fraction of sp³-hybridized carbons (Fsp3) is 0.522. The number of likely N-dealkylation sites (N-methyl/N-ethyl adjacent to an activating group) is 1. The van der Waals surface area contributed by atoms with E-state index in [2.05, 4.69) is 27.5 Å². The average Bonchev–Trinajstić information content (AvgIpc) is 2.68. The second-order valence-corrected chi connectivity index (χ2v) is 10.00. The van der Waals surface area contributed by atoms with Crippen molar-refractivity contribution in [2.24, 2.45) is 0 Å². The summed E-state index contributed by atoms with van der Waals surface area (Å²) >= 11 is 1.73. The van der Waals surface area contributed by atoms with Gasteiger partial charge in [-0.3, -0.25) is 9.78 Å². The number of pyridine rings is 1. The average molecular weight is 445 g/mol. The van der Waals surface area contributed by atoms with Crippen LogP contribution in [0.3, 0.4) is 0 Å². The molecule has 0 aliphatic carbocycles.